The van der Waals surface area contributed by atoms with E-state index in [1.54, 1.807) is 5.56 Å². The van der Waals surface area contributed by atoms with Crippen LogP contribution in [0, 0.1) is 24.7 Å². The summed E-state index contributed by atoms with van der Waals surface area (Å²) in [6, 6.07) is 57.7. The molecule has 0 unspecified atom stereocenters. The molecule has 7 aromatic rings. The molecule has 0 saturated heterocycles. The Hall–Kier alpha value is -5.40. The van der Waals surface area contributed by atoms with E-state index in [4.69, 9.17) is 0 Å². The normalized spacial score (nSPS) is 22.8. The van der Waals surface area contributed by atoms with Crippen LogP contribution in [0.1, 0.15) is 74.6 Å². The maximum Gasteiger partial charge on any atom is 0.0546 e. The molecule has 0 heterocycles. The summed E-state index contributed by atoms with van der Waals surface area (Å²) in [5.41, 5.74) is 17.4. The standard InChI is InChI=1S/C54H49N/c1-35-13-7-10-20-45(35)48-28-40-16-8-9-17-41(40)29-51(48)55(43-19-11-18-42(30-43)54-32-36-25-37(33-54)27-38(26-36)34-54)44-23-24-47-50(31-44)53(2,3)49-22-12-21-46(52(47)49)39-14-5-4-6-15-39/h4-24,28-31,36-38H,25-27,32-34H2,1-3H3. The summed E-state index contributed by atoms with van der Waals surface area (Å²) in [7, 11) is 0. The number of nitrogens with zero attached hydrogens (tertiary/aromatic N) is 1. The fraction of sp³-hybridized carbons (Fsp3) is 0.259. The molecule has 0 aliphatic heterocycles. The van der Waals surface area contributed by atoms with Gasteiger partial charge in [-0.25, -0.2) is 0 Å². The highest BCUT2D eigenvalue weighted by Crippen LogP contribution is 2.61. The van der Waals surface area contributed by atoms with Crippen LogP contribution in [0.25, 0.3) is 44.2 Å². The van der Waals surface area contributed by atoms with Crippen LogP contribution in [0.15, 0.2) is 152 Å². The third-order valence-electron chi connectivity index (χ3n) is 14.3. The van der Waals surface area contributed by atoms with Gasteiger partial charge in [0.15, 0.2) is 0 Å². The molecule has 7 aromatic carbocycles. The second kappa shape index (κ2) is 12.3. The number of fused-ring (bicyclic) bond motifs is 4. The van der Waals surface area contributed by atoms with E-state index >= 15 is 0 Å². The summed E-state index contributed by atoms with van der Waals surface area (Å²) in [4.78, 5) is 2.61. The third kappa shape index (κ3) is 5.19. The minimum atomic E-state index is -0.152. The fourth-order valence-electron chi connectivity index (χ4n) is 12.1. The van der Waals surface area contributed by atoms with Crippen LogP contribution < -0.4 is 4.90 Å². The Morgan fingerprint density at radius 2 is 1.13 bits per heavy atom. The second-order valence-electron chi connectivity index (χ2n) is 18.1. The zero-order valence-corrected chi connectivity index (χ0v) is 32.4. The molecular formula is C54H49N. The van der Waals surface area contributed by atoms with Crippen LogP contribution in [0.4, 0.5) is 17.1 Å². The average molecular weight is 712 g/mol. The molecule has 4 fully saturated rings. The fourth-order valence-corrected chi connectivity index (χ4v) is 12.1. The molecule has 5 aliphatic rings. The topological polar surface area (TPSA) is 3.24 Å². The number of aryl methyl sites for hydroxylation is 1. The van der Waals surface area contributed by atoms with Crippen molar-refractivity contribution in [1.29, 1.82) is 0 Å². The second-order valence-corrected chi connectivity index (χ2v) is 18.1. The van der Waals surface area contributed by atoms with Crippen molar-refractivity contribution in [1.82, 2.24) is 0 Å². The van der Waals surface area contributed by atoms with Gasteiger partial charge in [0.1, 0.15) is 0 Å². The van der Waals surface area contributed by atoms with E-state index in [-0.39, 0.29) is 5.41 Å². The van der Waals surface area contributed by atoms with Crippen LogP contribution in [0.3, 0.4) is 0 Å². The first kappa shape index (κ1) is 33.0. The lowest BCUT2D eigenvalue weighted by Crippen LogP contribution is -2.48. The Labute approximate surface area is 326 Å². The van der Waals surface area contributed by atoms with Crippen molar-refractivity contribution in [2.24, 2.45) is 17.8 Å². The Balaban J connectivity index is 1.14. The molecule has 4 bridgehead atoms. The molecule has 55 heavy (non-hydrogen) atoms. The SMILES string of the molecule is Cc1ccccc1-c1cc2ccccc2cc1N(c1cccc(C23CC4CC(CC(C4)C2)C3)c1)c1ccc2c(c1)C(C)(C)c1cccc(-c3ccccc3)c1-2. The predicted octanol–water partition coefficient (Wildman–Crippen LogP) is 14.7. The van der Waals surface area contributed by atoms with Crippen molar-refractivity contribution in [2.75, 3.05) is 4.90 Å². The predicted molar refractivity (Wildman–Crippen MR) is 232 cm³/mol. The Morgan fingerprint density at radius 3 is 1.87 bits per heavy atom. The highest BCUT2D eigenvalue weighted by molar-refractivity contribution is 6.00. The summed E-state index contributed by atoms with van der Waals surface area (Å²) >= 11 is 0. The van der Waals surface area contributed by atoms with Crippen LogP contribution in [-0.4, -0.2) is 0 Å². The van der Waals surface area contributed by atoms with Gasteiger partial charge in [0, 0.05) is 22.4 Å². The first-order valence-electron chi connectivity index (χ1n) is 20.7. The number of hydrogen-bond donors (Lipinski definition) is 0. The Morgan fingerprint density at radius 1 is 0.491 bits per heavy atom. The summed E-state index contributed by atoms with van der Waals surface area (Å²) in [5, 5.41) is 2.53. The minimum Gasteiger partial charge on any atom is -0.310 e. The molecule has 4 saturated carbocycles. The molecule has 5 aliphatic carbocycles. The van der Waals surface area contributed by atoms with Gasteiger partial charge >= 0.3 is 0 Å². The summed E-state index contributed by atoms with van der Waals surface area (Å²) in [6.45, 7) is 7.10. The monoisotopic (exact) mass is 711 g/mol. The van der Waals surface area contributed by atoms with Crippen molar-refractivity contribution in [3.05, 3.63) is 174 Å². The lowest BCUT2D eigenvalue weighted by Gasteiger charge is -2.57. The zero-order chi connectivity index (χ0) is 36.9. The van der Waals surface area contributed by atoms with Gasteiger partial charge in [-0.15, -0.1) is 0 Å². The molecule has 270 valence electrons. The first-order valence-corrected chi connectivity index (χ1v) is 20.7. The van der Waals surface area contributed by atoms with Gasteiger partial charge in [-0.3, -0.25) is 0 Å². The molecule has 0 aromatic heterocycles. The van der Waals surface area contributed by atoms with Gasteiger partial charge in [0.2, 0.25) is 0 Å². The van der Waals surface area contributed by atoms with Crippen molar-refractivity contribution in [2.45, 2.75) is 70.1 Å². The quantitative estimate of drug-likeness (QED) is 0.166. The van der Waals surface area contributed by atoms with E-state index in [9.17, 15) is 0 Å². The van der Waals surface area contributed by atoms with E-state index in [0.29, 0.717) is 5.41 Å². The van der Waals surface area contributed by atoms with Crippen LogP contribution in [0.5, 0.6) is 0 Å². The van der Waals surface area contributed by atoms with Gasteiger partial charge in [-0.1, -0.05) is 129 Å². The van der Waals surface area contributed by atoms with E-state index < -0.39 is 0 Å². The van der Waals surface area contributed by atoms with E-state index in [2.05, 4.69) is 177 Å². The Kier molecular flexibility index (Phi) is 7.38. The van der Waals surface area contributed by atoms with E-state index in [1.165, 1.54) is 116 Å². The highest BCUT2D eigenvalue weighted by Gasteiger charge is 2.51. The molecular weight excluding hydrogens is 663 g/mol. The van der Waals surface area contributed by atoms with Gasteiger partial charge in [0.25, 0.3) is 0 Å². The molecule has 0 amide bonds. The van der Waals surface area contributed by atoms with Crippen LogP contribution in [0.2, 0.25) is 0 Å². The van der Waals surface area contributed by atoms with E-state index in [1.807, 2.05) is 0 Å². The van der Waals surface area contributed by atoms with Crippen molar-refractivity contribution >= 4 is 27.8 Å². The van der Waals surface area contributed by atoms with Crippen molar-refractivity contribution in [3.63, 3.8) is 0 Å². The molecule has 0 radical (unpaired) electrons. The molecule has 0 atom stereocenters. The first-order chi connectivity index (χ1) is 26.8. The summed E-state index contributed by atoms with van der Waals surface area (Å²) < 4.78 is 0. The van der Waals surface area contributed by atoms with Crippen LogP contribution in [-0.2, 0) is 10.8 Å². The molecule has 0 spiro atoms. The highest BCUT2D eigenvalue weighted by atomic mass is 15.1. The molecule has 1 heteroatoms. The van der Waals surface area contributed by atoms with E-state index in [0.717, 1.165) is 17.8 Å². The number of anilines is 3. The number of benzene rings is 7. The lowest BCUT2D eigenvalue weighted by molar-refractivity contribution is -0.00516. The maximum atomic E-state index is 2.61. The zero-order valence-electron chi connectivity index (χ0n) is 32.4. The lowest BCUT2D eigenvalue weighted by atomic mass is 9.48. The van der Waals surface area contributed by atoms with Crippen molar-refractivity contribution in [3.8, 4) is 33.4 Å². The maximum absolute atomic E-state index is 2.61. The van der Waals surface area contributed by atoms with Gasteiger partial charge < -0.3 is 4.90 Å². The average Bonchev–Trinajstić information content (AvgIpc) is 3.43. The van der Waals surface area contributed by atoms with Crippen molar-refractivity contribution < 1.29 is 0 Å². The Bertz CT molecular complexity index is 2590. The third-order valence-corrected chi connectivity index (χ3v) is 14.3. The van der Waals surface area contributed by atoms with Gasteiger partial charge in [-0.2, -0.15) is 0 Å². The summed E-state index contributed by atoms with van der Waals surface area (Å²) in [6.07, 6.45) is 8.47. The van der Waals surface area contributed by atoms with Gasteiger partial charge in [-0.05, 0) is 166 Å². The molecule has 12 rings (SSSR count). The minimum absolute atomic E-state index is 0.152. The smallest absolute Gasteiger partial charge is 0.0546 e. The molecule has 1 nitrogen and oxygen atoms in total. The van der Waals surface area contributed by atoms with Crippen LogP contribution >= 0.6 is 0 Å². The number of rotatable bonds is 6. The largest absolute Gasteiger partial charge is 0.310 e. The molecule has 0 N–H and O–H groups in total. The summed E-state index contributed by atoms with van der Waals surface area (Å²) in [5.74, 6) is 2.71. The number of hydrogen-bond acceptors (Lipinski definition) is 1. The van der Waals surface area contributed by atoms with Gasteiger partial charge in [0.05, 0.1) is 5.69 Å².